The molecule has 1 atom stereocenters. The van der Waals surface area contributed by atoms with Gasteiger partial charge in [0.15, 0.2) is 4.77 Å². The SMILES string of the molecule is CC(C)CCC(C)n1c(N)n[nH]c1=S. The van der Waals surface area contributed by atoms with Crippen LogP contribution in [0, 0.1) is 10.7 Å². The predicted octanol–water partition coefficient (Wildman–Crippen LogP) is 2.52. The van der Waals surface area contributed by atoms with Crippen LogP contribution in [0.5, 0.6) is 0 Å². The average molecular weight is 214 g/mol. The van der Waals surface area contributed by atoms with Crippen LogP contribution in [-0.2, 0) is 0 Å². The third-order valence-corrected chi connectivity index (χ3v) is 2.62. The third-order valence-electron chi connectivity index (χ3n) is 2.33. The van der Waals surface area contributed by atoms with E-state index < -0.39 is 0 Å². The van der Waals surface area contributed by atoms with Crippen molar-refractivity contribution in [1.82, 2.24) is 14.8 Å². The van der Waals surface area contributed by atoms with Crippen LogP contribution in [0.1, 0.15) is 39.7 Å². The van der Waals surface area contributed by atoms with E-state index in [0.29, 0.717) is 22.7 Å². The summed E-state index contributed by atoms with van der Waals surface area (Å²) in [5, 5.41) is 6.58. The van der Waals surface area contributed by atoms with Crippen molar-refractivity contribution in [1.29, 1.82) is 0 Å². The molecule has 0 aromatic carbocycles. The van der Waals surface area contributed by atoms with Gasteiger partial charge in [-0.15, -0.1) is 5.10 Å². The van der Waals surface area contributed by atoms with Crippen LogP contribution >= 0.6 is 12.2 Å². The Hall–Kier alpha value is -0.840. The first-order valence-electron chi connectivity index (χ1n) is 4.94. The van der Waals surface area contributed by atoms with Gasteiger partial charge >= 0.3 is 0 Å². The van der Waals surface area contributed by atoms with E-state index in [1.165, 1.54) is 6.42 Å². The average Bonchev–Trinajstić information content (AvgIpc) is 2.42. The molecule has 0 radical (unpaired) electrons. The van der Waals surface area contributed by atoms with Crippen LogP contribution in [0.4, 0.5) is 5.95 Å². The highest BCUT2D eigenvalue weighted by Gasteiger charge is 2.10. The first-order chi connectivity index (χ1) is 6.52. The lowest BCUT2D eigenvalue weighted by Gasteiger charge is -2.14. The fourth-order valence-corrected chi connectivity index (χ4v) is 1.77. The zero-order valence-electron chi connectivity index (χ0n) is 8.95. The molecule has 14 heavy (non-hydrogen) atoms. The number of H-pyrrole nitrogens is 1. The lowest BCUT2D eigenvalue weighted by atomic mass is 10.0. The van der Waals surface area contributed by atoms with Gasteiger partial charge in [0.05, 0.1) is 0 Å². The Bertz CT molecular complexity index is 339. The predicted molar refractivity (Wildman–Crippen MR) is 60.6 cm³/mol. The fourth-order valence-electron chi connectivity index (χ4n) is 1.45. The number of nitrogen functional groups attached to an aromatic ring is 1. The maximum absolute atomic E-state index is 5.70. The first-order valence-corrected chi connectivity index (χ1v) is 5.35. The molecule has 0 aliphatic heterocycles. The zero-order chi connectivity index (χ0) is 10.7. The molecule has 0 aliphatic carbocycles. The molecule has 0 amide bonds. The molecule has 0 aliphatic rings. The van der Waals surface area contributed by atoms with E-state index in [-0.39, 0.29) is 0 Å². The minimum absolute atomic E-state index is 0.323. The van der Waals surface area contributed by atoms with Crippen molar-refractivity contribution in [3.63, 3.8) is 0 Å². The number of nitrogens with one attached hydrogen (secondary N) is 1. The Labute approximate surface area is 89.5 Å². The first kappa shape index (κ1) is 11.2. The second kappa shape index (κ2) is 4.59. The van der Waals surface area contributed by atoms with Gasteiger partial charge in [0.2, 0.25) is 5.95 Å². The largest absolute Gasteiger partial charge is 0.368 e. The van der Waals surface area contributed by atoms with E-state index in [4.69, 9.17) is 18.0 Å². The Morgan fingerprint density at radius 2 is 2.07 bits per heavy atom. The minimum Gasteiger partial charge on any atom is -0.368 e. The van der Waals surface area contributed by atoms with Crippen LogP contribution in [0.15, 0.2) is 0 Å². The highest BCUT2D eigenvalue weighted by atomic mass is 32.1. The number of aromatic nitrogens is 3. The van der Waals surface area contributed by atoms with Crippen molar-refractivity contribution in [2.24, 2.45) is 5.92 Å². The highest BCUT2D eigenvalue weighted by molar-refractivity contribution is 7.71. The van der Waals surface area contributed by atoms with Gasteiger partial charge < -0.3 is 5.73 Å². The lowest BCUT2D eigenvalue weighted by Crippen LogP contribution is -2.10. The summed E-state index contributed by atoms with van der Waals surface area (Å²) in [6, 6.07) is 0.323. The van der Waals surface area contributed by atoms with E-state index in [2.05, 4.69) is 31.0 Å². The van der Waals surface area contributed by atoms with E-state index in [9.17, 15) is 0 Å². The second-order valence-electron chi connectivity index (χ2n) is 4.08. The Balaban J connectivity index is 2.69. The number of rotatable bonds is 4. The Morgan fingerprint density at radius 1 is 1.43 bits per heavy atom. The van der Waals surface area contributed by atoms with E-state index >= 15 is 0 Å². The minimum atomic E-state index is 0.323. The molecule has 0 bridgehead atoms. The third kappa shape index (κ3) is 2.57. The maximum atomic E-state index is 5.70. The van der Waals surface area contributed by atoms with Gasteiger partial charge in [0.1, 0.15) is 0 Å². The van der Waals surface area contributed by atoms with Crippen molar-refractivity contribution < 1.29 is 0 Å². The van der Waals surface area contributed by atoms with Crippen LogP contribution in [0.25, 0.3) is 0 Å². The molecule has 1 aromatic heterocycles. The van der Waals surface area contributed by atoms with Crippen LogP contribution < -0.4 is 5.73 Å². The number of anilines is 1. The number of nitrogens with two attached hydrogens (primary N) is 1. The summed E-state index contributed by atoms with van der Waals surface area (Å²) in [6.07, 6.45) is 2.25. The van der Waals surface area contributed by atoms with Crippen LogP contribution in [-0.4, -0.2) is 14.8 Å². The Morgan fingerprint density at radius 3 is 2.50 bits per heavy atom. The monoisotopic (exact) mass is 214 g/mol. The van der Waals surface area contributed by atoms with Gasteiger partial charge in [-0.05, 0) is 37.9 Å². The molecule has 80 valence electrons. The number of aromatic amines is 1. The molecule has 0 saturated carbocycles. The topological polar surface area (TPSA) is 59.6 Å². The lowest BCUT2D eigenvalue weighted by molar-refractivity contribution is 0.439. The van der Waals surface area contributed by atoms with E-state index in [1.807, 2.05) is 4.57 Å². The smallest absolute Gasteiger partial charge is 0.220 e. The van der Waals surface area contributed by atoms with Crippen LogP contribution in [0.2, 0.25) is 0 Å². The summed E-state index contributed by atoms with van der Waals surface area (Å²) in [5.74, 6) is 1.19. The summed E-state index contributed by atoms with van der Waals surface area (Å²) in [7, 11) is 0. The molecule has 3 N–H and O–H groups in total. The van der Waals surface area contributed by atoms with Crippen molar-refractivity contribution in [2.75, 3.05) is 5.73 Å². The molecular weight excluding hydrogens is 196 g/mol. The zero-order valence-corrected chi connectivity index (χ0v) is 9.77. The maximum Gasteiger partial charge on any atom is 0.220 e. The van der Waals surface area contributed by atoms with E-state index in [0.717, 1.165) is 6.42 Å². The van der Waals surface area contributed by atoms with Gasteiger partial charge in [-0.25, -0.2) is 5.10 Å². The molecule has 5 heteroatoms. The standard InChI is InChI=1S/C9H18N4S/c1-6(2)4-5-7(3)13-8(10)11-12-9(13)14/h6-7H,4-5H2,1-3H3,(H2,10,11)(H,12,14). The van der Waals surface area contributed by atoms with Crippen molar-refractivity contribution in [2.45, 2.75) is 39.7 Å². The van der Waals surface area contributed by atoms with E-state index in [1.54, 1.807) is 0 Å². The quantitative estimate of drug-likeness (QED) is 0.757. The molecular formula is C9H18N4S. The molecule has 0 fully saturated rings. The van der Waals surface area contributed by atoms with Gasteiger partial charge in [-0.2, -0.15) is 0 Å². The van der Waals surface area contributed by atoms with Crippen molar-refractivity contribution >= 4 is 18.2 Å². The molecule has 1 unspecified atom stereocenters. The summed E-state index contributed by atoms with van der Waals surface area (Å²) in [4.78, 5) is 0. The number of hydrogen-bond acceptors (Lipinski definition) is 3. The van der Waals surface area contributed by atoms with Crippen LogP contribution in [0.3, 0.4) is 0 Å². The second-order valence-corrected chi connectivity index (χ2v) is 4.46. The number of nitrogens with zero attached hydrogens (tertiary/aromatic N) is 2. The summed E-state index contributed by atoms with van der Waals surface area (Å²) in [5.41, 5.74) is 5.70. The summed E-state index contributed by atoms with van der Waals surface area (Å²) < 4.78 is 2.48. The molecule has 1 aromatic rings. The highest BCUT2D eigenvalue weighted by Crippen LogP contribution is 2.19. The van der Waals surface area contributed by atoms with Gasteiger partial charge in [0.25, 0.3) is 0 Å². The molecule has 0 spiro atoms. The molecule has 1 rings (SSSR count). The summed E-state index contributed by atoms with van der Waals surface area (Å²) >= 11 is 5.09. The fraction of sp³-hybridized carbons (Fsp3) is 0.778. The molecule has 0 saturated heterocycles. The van der Waals surface area contributed by atoms with Crippen molar-refractivity contribution in [3.05, 3.63) is 4.77 Å². The van der Waals surface area contributed by atoms with Gasteiger partial charge in [-0.1, -0.05) is 13.8 Å². The van der Waals surface area contributed by atoms with Gasteiger partial charge in [0, 0.05) is 6.04 Å². The number of hydrogen-bond donors (Lipinski definition) is 2. The Kier molecular flexibility index (Phi) is 3.69. The summed E-state index contributed by atoms with van der Waals surface area (Å²) in [6.45, 7) is 6.54. The van der Waals surface area contributed by atoms with Gasteiger partial charge in [-0.3, -0.25) is 4.57 Å². The van der Waals surface area contributed by atoms with Crippen molar-refractivity contribution in [3.8, 4) is 0 Å². The molecule has 1 heterocycles. The molecule has 4 nitrogen and oxygen atoms in total. The normalized spacial score (nSPS) is 13.4.